The standard InChI is InChI=1S/C18H28N2/c1-15(2)19-12-16-7-6-8-17(11-16)20-13-18(14-20)9-4-3-5-10-18/h6-8,11,15,19H,3-5,9-10,12-14H2,1-2H3. The Morgan fingerprint density at radius 2 is 1.90 bits per heavy atom. The van der Waals surface area contributed by atoms with Crippen molar-refractivity contribution in [1.29, 1.82) is 0 Å². The highest BCUT2D eigenvalue weighted by Gasteiger charge is 2.43. The molecule has 0 radical (unpaired) electrons. The summed E-state index contributed by atoms with van der Waals surface area (Å²) in [6.07, 6.45) is 7.27. The summed E-state index contributed by atoms with van der Waals surface area (Å²) in [6, 6.07) is 9.63. The van der Waals surface area contributed by atoms with E-state index in [0.29, 0.717) is 11.5 Å². The molecule has 1 N–H and O–H groups in total. The Balaban J connectivity index is 1.59. The molecular weight excluding hydrogens is 244 g/mol. The van der Waals surface area contributed by atoms with E-state index in [0.717, 1.165) is 6.54 Å². The molecule has 1 spiro atoms. The van der Waals surface area contributed by atoms with Gasteiger partial charge in [-0.15, -0.1) is 0 Å². The molecule has 2 fully saturated rings. The average molecular weight is 272 g/mol. The van der Waals surface area contributed by atoms with Crippen LogP contribution in [0.25, 0.3) is 0 Å². The molecule has 110 valence electrons. The lowest BCUT2D eigenvalue weighted by Crippen LogP contribution is -2.57. The Kier molecular flexibility index (Phi) is 4.02. The van der Waals surface area contributed by atoms with E-state index in [-0.39, 0.29) is 0 Å². The molecule has 0 bridgehead atoms. The Bertz CT molecular complexity index is 438. The van der Waals surface area contributed by atoms with Crippen LogP contribution in [0.5, 0.6) is 0 Å². The first kappa shape index (κ1) is 13.9. The lowest BCUT2D eigenvalue weighted by Gasteiger charge is -2.53. The molecule has 0 atom stereocenters. The van der Waals surface area contributed by atoms with Crippen LogP contribution in [0.15, 0.2) is 24.3 Å². The molecule has 0 amide bonds. The van der Waals surface area contributed by atoms with E-state index in [4.69, 9.17) is 0 Å². The maximum Gasteiger partial charge on any atom is 0.0369 e. The van der Waals surface area contributed by atoms with Crippen molar-refractivity contribution in [2.45, 2.75) is 58.5 Å². The number of anilines is 1. The fourth-order valence-electron chi connectivity index (χ4n) is 3.75. The molecule has 3 rings (SSSR count). The van der Waals surface area contributed by atoms with E-state index in [1.807, 2.05) is 0 Å². The first-order valence-corrected chi connectivity index (χ1v) is 8.24. The van der Waals surface area contributed by atoms with Crippen LogP contribution in [0.4, 0.5) is 5.69 Å². The van der Waals surface area contributed by atoms with Gasteiger partial charge in [-0.3, -0.25) is 0 Å². The van der Waals surface area contributed by atoms with Crippen molar-refractivity contribution < 1.29 is 0 Å². The van der Waals surface area contributed by atoms with Gasteiger partial charge in [-0.2, -0.15) is 0 Å². The molecule has 1 heterocycles. The monoisotopic (exact) mass is 272 g/mol. The van der Waals surface area contributed by atoms with Gasteiger partial charge in [-0.25, -0.2) is 0 Å². The molecule has 2 aliphatic rings. The predicted octanol–water partition coefficient (Wildman–Crippen LogP) is 3.96. The third-order valence-electron chi connectivity index (χ3n) is 4.96. The second-order valence-electron chi connectivity index (χ2n) is 7.12. The third-order valence-corrected chi connectivity index (χ3v) is 4.96. The normalized spacial score (nSPS) is 21.2. The second-order valence-corrected chi connectivity index (χ2v) is 7.12. The van der Waals surface area contributed by atoms with Crippen molar-refractivity contribution in [2.75, 3.05) is 18.0 Å². The number of rotatable bonds is 4. The van der Waals surface area contributed by atoms with Crippen LogP contribution in [0.3, 0.4) is 0 Å². The van der Waals surface area contributed by atoms with E-state index in [1.54, 1.807) is 0 Å². The predicted molar refractivity (Wildman–Crippen MR) is 86.1 cm³/mol. The van der Waals surface area contributed by atoms with Gasteiger partial charge in [-0.05, 0) is 30.5 Å². The van der Waals surface area contributed by atoms with Crippen molar-refractivity contribution >= 4 is 5.69 Å². The minimum atomic E-state index is 0.549. The van der Waals surface area contributed by atoms with Gasteiger partial charge in [0.1, 0.15) is 0 Å². The van der Waals surface area contributed by atoms with Crippen LogP contribution >= 0.6 is 0 Å². The molecule has 1 aromatic carbocycles. The molecule has 1 aliphatic carbocycles. The Morgan fingerprint density at radius 3 is 2.60 bits per heavy atom. The molecule has 20 heavy (non-hydrogen) atoms. The lowest BCUT2D eigenvalue weighted by atomic mass is 9.68. The van der Waals surface area contributed by atoms with Crippen molar-refractivity contribution in [3.63, 3.8) is 0 Å². The van der Waals surface area contributed by atoms with Crippen LogP contribution in [0.1, 0.15) is 51.5 Å². The summed E-state index contributed by atoms with van der Waals surface area (Å²) in [5.74, 6) is 0. The van der Waals surface area contributed by atoms with Gasteiger partial charge in [0.15, 0.2) is 0 Å². The van der Waals surface area contributed by atoms with Gasteiger partial charge >= 0.3 is 0 Å². The topological polar surface area (TPSA) is 15.3 Å². The first-order valence-electron chi connectivity index (χ1n) is 8.24. The number of hydrogen-bond donors (Lipinski definition) is 1. The van der Waals surface area contributed by atoms with Crippen LogP contribution in [-0.2, 0) is 6.54 Å². The van der Waals surface area contributed by atoms with Gasteiger partial charge < -0.3 is 10.2 Å². The average Bonchev–Trinajstić information content (AvgIpc) is 2.44. The molecule has 2 heteroatoms. The van der Waals surface area contributed by atoms with Crippen LogP contribution in [0.2, 0.25) is 0 Å². The number of nitrogens with zero attached hydrogens (tertiary/aromatic N) is 1. The smallest absolute Gasteiger partial charge is 0.0369 e. The third kappa shape index (κ3) is 3.01. The van der Waals surface area contributed by atoms with Crippen molar-refractivity contribution in [3.05, 3.63) is 29.8 Å². The summed E-state index contributed by atoms with van der Waals surface area (Å²) in [7, 11) is 0. The summed E-state index contributed by atoms with van der Waals surface area (Å²) in [5, 5.41) is 3.50. The summed E-state index contributed by atoms with van der Waals surface area (Å²) >= 11 is 0. The number of nitrogens with one attached hydrogen (secondary N) is 1. The van der Waals surface area contributed by atoms with Gasteiger partial charge in [-0.1, -0.05) is 45.2 Å². The summed E-state index contributed by atoms with van der Waals surface area (Å²) < 4.78 is 0. The Morgan fingerprint density at radius 1 is 1.15 bits per heavy atom. The van der Waals surface area contributed by atoms with Gasteiger partial charge in [0.2, 0.25) is 0 Å². The SMILES string of the molecule is CC(C)NCc1cccc(N2CC3(CCCCC3)C2)c1. The van der Waals surface area contributed by atoms with Crippen LogP contribution < -0.4 is 10.2 Å². The molecule has 0 aromatic heterocycles. The highest BCUT2D eigenvalue weighted by molar-refractivity contribution is 5.51. The largest absolute Gasteiger partial charge is 0.370 e. The second kappa shape index (κ2) is 5.77. The fourth-order valence-corrected chi connectivity index (χ4v) is 3.75. The zero-order chi connectivity index (χ0) is 14.0. The van der Waals surface area contributed by atoms with E-state index in [2.05, 4.69) is 48.3 Å². The van der Waals surface area contributed by atoms with E-state index >= 15 is 0 Å². The lowest BCUT2D eigenvalue weighted by molar-refractivity contribution is 0.139. The molecule has 0 unspecified atom stereocenters. The van der Waals surface area contributed by atoms with E-state index < -0.39 is 0 Å². The fraction of sp³-hybridized carbons (Fsp3) is 0.667. The maximum absolute atomic E-state index is 3.50. The highest BCUT2D eigenvalue weighted by atomic mass is 15.2. The summed E-state index contributed by atoms with van der Waals surface area (Å²) in [6.45, 7) is 7.95. The minimum Gasteiger partial charge on any atom is -0.370 e. The first-order chi connectivity index (χ1) is 9.67. The molecule has 1 saturated carbocycles. The molecule has 1 aliphatic heterocycles. The maximum atomic E-state index is 3.50. The van der Waals surface area contributed by atoms with E-state index in [9.17, 15) is 0 Å². The van der Waals surface area contributed by atoms with Gasteiger partial charge in [0.25, 0.3) is 0 Å². The van der Waals surface area contributed by atoms with Crippen LogP contribution in [0, 0.1) is 5.41 Å². The molecule has 1 aromatic rings. The molecular formula is C18H28N2. The minimum absolute atomic E-state index is 0.549. The zero-order valence-electron chi connectivity index (χ0n) is 13.0. The number of hydrogen-bond acceptors (Lipinski definition) is 2. The van der Waals surface area contributed by atoms with Crippen molar-refractivity contribution in [3.8, 4) is 0 Å². The van der Waals surface area contributed by atoms with Gasteiger partial charge in [0.05, 0.1) is 0 Å². The Labute approximate surface area is 123 Å². The van der Waals surface area contributed by atoms with Crippen molar-refractivity contribution in [1.82, 2.24) is 5.32 Å². The zero-order valence-corrected chi connectivity index (χ0v) is 13.0. The van der Waals surface area contributed by atoms with E-state index in [1.165, 1.54) is 56.4 Å². The summed E-state index contributed by atoms with van der Waals surface area (Å²) in [5.41, 5.74) is 3.50. The molecule has 1 saturated heterocycles. The van der Waals surface area contributed by atoms with Crippen molar-refractivity contribution in [2.24, 2.45) is 5.41 Å². The summed E-state index contributed by atoms with van der Waals surface area (Å²) in [4.78, 5) is 2.57. The molecule has 2 nitrogen and oxygen atoms in total. The Hall–Kier alpha value is -1.02. The van der Waals surface area contributed by atoms with Gasteiger partial charge in [0, 0.05) is 36.8 Å². The number of benzene rings is 1. The van der Waals surface area contributed by atoms with Crippen LogP contribution in [-0.4, -0.2) is 19.1 Å². The quantitative estimate of drug-likeness (QED) is 0.892. The highest BCUT2D eigenvalue weighted by Crippen LogP contribution is 2.45.